The molecule has 1 aliphatic rings. The second-order valence-corrected chi connectivity index (χ2v) is 5.44. The number of unbranched alkanes of at least 4 members (excludes halogenated alkanes) is 5. The molecule has 0 aromatic carbocycles. The molecule has 1 aliphatic heterocycles. The highest BCUT2D eigenvalue weighted by atomic mass is 19.1. The molecule has 1 fully saturated rings. The summed E-state index contributed by atoms with van der Waals surface area (Å²) in [7, 11) is 0. The molecule has 0 spiro atoms. The minimum atomic E-state index is -0.872. The summed E-state index contributed by atoms with van der Waals surface area (Å²) in [6.45, 7) is 6.27. The Morgan fingerprint density at radius 3 is 2.41 bits per heavy atom. The van der Waals surface area contributed by atoms with Gasteiger partial charge in [0, 0.05) is 0 Å². The molecular weight excluding hydrogens is 219 g/mol. The Bertz CT molecular complexity index is 206. The van der Waals surface area contributed by atoms with Gasteiger partial charge in [-0.1, -0.05) is 45.4 Å². The third-order valence-corrected chi connectivity index (χ3v) is 3.27. The summed E-state index contributed by atoms with van der Waals surface area (Å²) in [5.41, 5.74) is 0. The van der Waals surface area contributed by atoms with Crippen molar-refractivity contribution >= 4 is 0 Å². The number of rotatable bonds is 8. The van der Waals surface area contributed by atoms with E-state index >= 15 is 0 Å². The maximum atomic E-state index is 13.8. The van der Waals surface area contributed by atoms with Crippen molar-refractivity contribution in [2.45, 2.75) is 83.8 Å². The SMILES string of the molecule is CCCCCCCC[C@@H](F)[C@H]1COC(C)(C)O1. The maximum absolute atomic E-state index is 13.8. The van der Waals surface area contributed by atoms with Crippen molar-refractivity contribution in [2.75, 3.05) is 6.61 Å². The van der Waals surface area contributed by atoms with Gasteiger partial charge in [-0.25, -0.2) is 4.39 Å². The summed E-state index contributed by atoms with van der Waals surface area (Å²) in [5.74, 6) is -0.601. The lowest BCUT2D eigenvalue weighted by Crippen LogP contribution is -2.27. The molecule has 1 rings (SSSR count). The Kier molecular flexibility index (Phi) is 6.42. The van der Waals surface area contributed by atoms with E-state index in [2.05, 4.69) is 6.92 Å². The van der Waals surface area contributed by atoms with Crippen LogP contribution in [0, 0.1) is 0 Å². The minimum Gasteiger partial charge on any atom is -0.348 e. The molecule has 2 atom stereocenters. The fourth-order valence-corrected chi connectivity index (χ4v) is 2.20. The standard InChI is InChI=1S/C14H27FO2/c1-4-5-6-7-8-9-10-12(15)13-11-16-14(2,3)17-13/h12-13H,4-11H2,1-3H3/t12-,13-/m1/s1. The molecule has 2 nitrogen and oxygen atoms in total. The van der Waals surface area contributed by atoms with Crippen LogP contribution < -0.4 is 0 Å². The summed E-state index contributed by atoms with van der Waals surface area (Å²) in [5, 5.41) is 0. The molecule has 0 aromatic heterocycles. The summed E-state index contributed by atoms with van der Waals surface area (Å²) in [6, 6.07) is 0. The largest absolute Gasteiger partial charge is 0.348 e. The Hall–Kier alpha value is -0.150. The molecule has 0 saturated carbocycles. The van der Waals surface area contributed by atoms with Crippen LogP contribution in [0.1, 0.15) is 65.7 Å². The van der Waals surface area contributed by atoms with Crippen molar-refractivity contribution in [3.63, 3.8) is 0 Å². The first-order chi connectivity index (χ1) is 8.05. The van der Waals surface area contributed by atoms with E-state index in [0.29, 0.717) is 13.0 Å². The van der Waals surface area contributed by atoms with Crippen molar-refractivity contribution in [1.82, 2.24) is 0 Å². The highest BCUT2D eigenvalue weighted by Gasteiger charge is 2.37. The lowest BCUT2D eigenvalue weighted by atomic mass is 10.1. The van der Waals surface area contributed by atoms with E-state index < -0.39 is 12.0 Å². The van der Waals surface area contributed by atoms with Crippen LogP contribution in [0.3, 0.4) is 0 Å². The maximum Gasteiger partial charge on any atom is 0.163 e. The van der Waals surface area contributed by atoms with Crippen LogP contribution >= 0.6 is 0 Å². The van der Waals surface area contributed by atoms with Crippen molar-refractivity contribution < 1.29 is 13.9 Å². The van der Waals surface area contributed by atoms with E-state index in [1.54, 1.807) is 0 Å². The number of hydrogen-bond acceptors (Lipinski definition) is 2. The fraction of sp³-hybridized carbons (Fsp3) is 1.00. The first-order valence-corrected chi connectivity index (χ1v) is 7.01. The van der Waals surface area contributed by atoms with Crippen LogP contribution in [0.4, 0.5) is 4.39 Å². The van der Waals surface area contributed by atoms with Gasteiger partial charge in [0.05, 0.1) is 6.61 Å². The number of halogens is 1. The zero-order valence-electron chi connectivity index (χ0n) is 11.5. The van der Waals surface area contributed by atoms with Crippen LogP contribution in [0.25, 0.3) is 0 Å². The normalized spacial score (nSPS) is 25.1. The Morgan fingerprint density at radius 1 is 1.18 bits per heavy atom. The molecule has 0 amide bonds. The monoisotopic (exact) mass is 246 g/mol. The Labute approximate surface area is 105 Å². The molecule has 1 heterocycles. The number of hydrogen-bond donors (Lipinski definition) is 0. The molecule has 3 heteroatoms. The number of ether oxygens (including phenoxy) is 2. The lowest BCUT2D eigenvalue weighted by molar-refractivity contribution is -0.146. The van der Waals surface area contributed by atoms with E-state index in [0.717, 1.165) is 12.8 Å². The lowest BCUT2D eigenvalue weighted by Gasteiger charge is -2.19. The summed E-state index contributed by atoms with van der Waals surface area (Å²) >= 11 is 0. The van der Waals surface area contributed by atoms with E-state index in [9.17, 15) is 4.39 Å². The van der Waals surface area contributed by atoms with Gasteiger partial charge in [-0.05, 0) is 20.3 Å². The summed E-state index contributed by atoms with van der Waals surface area (Å²) in [6.07, 6.45) is 6.54. The van der Waals surface area contributed by atoms with E-state index in [4.69, 9.17) is 9.47 Å². The van der Waals surface area contributed by atoms with Crippen molar-refractivity contribution in [3.05, 3.63) is 0 Å². The van der Waals surface area contributed by atoms with Crippen molar-refractivity contribution in [1.29, 1.82) is 0 Å². The van der Waals surface area contributed by atoms with E-state index in [-0.39, 0.29) is 6.10 Å². The predicted octanol–water partition coefficient (Wildman–Crippen LogP) is 4.23. The molecule has 0 radical (unpaired) electrons. The predicted molar refractivity (Wildman–Crippen MR) is 67.8 cm³/mol. The molecular formula is C14H27FO2. The summed E-state index contributed by atoms with van der Waals surface area (Å²) < 4.78 is 24.7. The molecule has 1 saturated heterocycles. The number of alkyl halides is 1. The van der Waals surface area contributed by atoms with Gasteiger partial charge in [-0.3, -0.25) is 0 Å². The molecule has 0 unspecified atom stereocenters. The average molecular weight is 246 g/mol. The smallest absolute Gasteiger partial charge is 0.163 e. The third kappa shape index (κ3) is 5.82. The second-order valence-electron chi connectivity index (χ2n) is 5.44. The van der Waals surface area contributed by atoms with Gasteiger partial charge in [0.1, 0.15) is 12.3 Å². The minimum absolute atomic E-state index is 0.361. The van der Waals surface area contributed by atoms with Gasteiger partial charge in [0.15, 0.2) is 5.79 Å². The first kappa shape index (κ1) is 14.9. The fourth-order valence-electron chi connectivity index (χ4n) is 2.20. The van der Waals surface area contributed by atoms with Gasteiger partial charge in [0.2, 0.25) is 0 Å². The molecule has 0 aromatic rings. The van der Waals surface area contributed by atoms with Gasteiger partial charge in [-0.15, -0.1) is 0 Å². The Balaban J connectivity index is 2.03. The van der Waals surface area contributed by atoms with Crippen molar-refractivity contribution in [2.24, 2.45) is 0 Å². The van der Waals surface area contributed by atoms with Gasteiger partial charge in [0.25, 0.3) is 0 Å². The zero-order valence-corrected chi connectivity index (χ0v) is 11.5. The van der Waals surface area contributed by atoms with Gasteiger partial charge in [-0.2, -0.15) is 0 Å². The molecule has 0 aliphatic carbocycles. The van der Waals surface area contributed by atoms with Gasteiger partial charge >= 0.3 is 0 Å². The van der Waals surface area contributed by atoms with Crippen molar-refractivity contribution in [3.8, 4) is 0 Å². The third-order valence-electron chi connectivity index (χ3n) is 3.27. The van der Waals surface area contributed by atoms with Crippen LogP contribution in [0.2, 0.25) is 0 Å². The van der Waals surface area contributed by atoms with E-state index in [1.807, 2.05) is 13.8 Å². The zero-order chi connectivity index (χ0) is 12.7. The quantitative estimate of drug-likeness (QED) is 0.597. The Morgan fingerprint density at radius 2 is 1.82 bits per heavy atom. The molecule has 0 bridgehead atoms. The van der Waals surface area contributed by atoms with Crippen LogP contribution in [0.15, 0.2) is 0 Å². The van der Waals surface area contributed by atoms with Crippen LogP contribution in [0.5, 0.6) is 0 Å². The molecule has 0 N–H and O–H groups in total. The van der Waals surface area contributed by atoms with Crippen LogP contribution in [-0.2, 0) is 9.47 Å². The molecule has 17 heavy (non-hydrogen) atoms. The topological polar surface area (TPSA) is 18.5 Å². The highest BCUT2D eigenvalue weighted by Crippen LogP contribution is 2.27. The summed E-state index contributed by atoms with van der Waals surface area (Å²) in [4.78, 5) is 0. The van der Waals surface area contributed by atoms with E-state index in [1.165, 1.54) is 25.7 Å². The first-order valence-electron chi connectivity index (χ1n) is 7.01. The average Bonchev–Trinajstić information content (AvgIpc) is 2.64. The highest BCUT2D eigenvalue weighted by molar-refractivity contribution is 4.77. The van der Waals surface area contributed by atoms with Gasteiger partial charge < -0.3 is 9.47 Å². The van der Waals surface area contributed by atoms with Crippen LogP contribution in [-0.4, -0.2) is 24.7 Å². The second kappa shape index (κ2) is 7.32. The molecule has 102 valence electrons.